The highest BCUT2D eigenvalue weighted by molar-refractivity contribution is 6.30. The van der Waals surface area contributed by atoms with Crippen LogP contribution in [0.1, 0.15) is 24.3 Å². The normalized spacial score (nSPS) is 10.5. The molecular formula is C15H17ClN4O. The van der Waals surface area contributed by atoms with Crippen molar-refractivity contribution >= 4 is 29.0 Å². The van der Waals surface area contributed by atoms with Crippen molar-refractivity contribution in [2.45, 2.75) is 13.8 Å². The number of benzene rings is 1. The third-order valence-corrected chi connectivity index (χ3v) is 2.89. The van der Waals surface area contributed by atoms with Gasteiger partial charge in [-0.05, 0) is 24.1 Å². The van der Waals surface area contributed by atoms with Gasteiger partial charge in [0.1, 0.15) is 11.5 Å². The zero-order valence-electron chi connectivity index (χ0n) is 11.9. The molecule has 0 aliphatic heterocycles. The Balaban J connectivity index is 1.99. The summed E-state index contributed by atoms with van der Waals surface area (Å²) in [7, 11) is 0. The Morgan fingerprint density at radius 1 is 1.29 bits per heavy atom. The predicted octanol–water partition coefficient (Wildman–Crippen LogP) is 3.45. The molecule has 0 spiro atoms. The Kier molecular flexibility index (Phi) is 5.11. The minimum absolute atomic E-state index is 0.255. The van der Waals surface area contributed by atoms with E-state index < -0.39 is 0 Å². The minimum Gasteiger partial charge on any atom is -0.369 e. The number of amides is 1. The summed E-state index contributed by atoms with van der Waals surface area (Å²) in [6, 6.07) is 6.94. The number of rotatable bonds is 5. The molecule has 0 aliphatic carbocycles. The molecule has 1 amide bonds. The lowest BCUT2D eigenvalue weighted by atomic mass is 10.2. The fourth-order valence-electron chi connectivity index (χ4n) is 1.61. The lowest BCUT2D eigenvalue weighted by molar-refractivity contribution is 0.102. The van der Waals surface area contributed by atoms with E-state index in [-0.39, 0.29) is 11.6 Å². The van der Waals surface area contributed by atoms with Crippen molar-refractivity contribution in [1.29, 1.82) is 0 Å². The number of halogens is 1. The molecule has 0 saturated carbocycles. The summed E-state index contributed by atoms with van der Waals surface area (Å²) in [6.07, 6.45) is 3.00. The van der Waals surface area contributed by atoms with Crippen molar-refractivity contribution in [2.24, 2.45) is 5.92 Å². The number of hydrogen-bond acceptors (Lipinski definition) is 4. The summed E-state index contributed by atoms with van der Waals surface area (Å²) in [4.78, 5) is 20.3. The smallest absolute Gasteiger partial charge is 0.275 e. The van der Waals surface area contributed by atoms with Gasteiger partial charge in [-0.15, -0.1) is 0 Å². The second-order valence-electron chi connectivity index (χ2n) is 5.03. The van der Waals surface area contributed by atoms with E-state index in [1.807, 2.05) is 0 Å². The van der Waals surface area contributed by atoms with E-state index in [0.717, 1.165) is 6.54 Å². The van der Waals surface area contributed by atoms with E-state index in [1.165, 1.54) is 6.20 Å². The van der Waals surface area contributed by atoms with Gasteiger partial charge in [-0.3, -0.25) is 4.79 Å². The highest BCUT2D eigenvalue weighted by Crippen LogP contribution is 2.15. The Hall–Kier alpha value is -2.14. The first-order valence-corrected chi connectivity index (χ1v) is 7.05. The quantitative estimate of drug-likeness (QED) is 0.888. The Bertz CT molecular complexity index is 613. The van der Waals surface area contributed by atoms with Crippen LogP contribution < -0.4 is 10.6 Å². The number of hydrogen-bond donors (Lipinski definition) is 2. The number of carbonyl (C=O) groups excluding carboxylic acids is 1. The van der Waals surface area contributed by atoms with Gasteiger partial charge in [0.2, 0.25) is 0 Å². The lowest BCUT2D eigenvalue weighted by Crippen LogP contribution is -2.15. The Morgan fingerprint density at radius 2 is 2.10 bits per heavy atom. The molecule has 1 aromatic carbocycles. The molecule has 6 heteroatoms. The molecule has 2 rings (SSSR count). The number of aromatic nitrogens is 2. The molecule has 1 aromatic heterocycles. The average molecular weight is 305 g/mol. The third-order valence-electron chi connectivity index (χ3n) is 2.66. The standard InChI is InChI=1S/C15H17ClN4O/c1-10(2)7-18-14-9-17-13(8-19-14)15(21)20-12-5-3-4-11(16)6-12/h3-6,8-10H,7H2,1-2H3,(H,18,19)(H,20,21). The molecule has 110 valence electrons. The van der Waals surface area contributed by atoms with Crippen molar-refractivity contribution in [3.05, 3.63) is 47.4 Å². The summed E-state index contributed by atoms with van der Waals surface area (Å²) in [5, 5.41) is 6.43. The van der Waals surface area contributed by atoms with E-state index in [4.69, 9.17) is 11.6 Å². The third kappa shape index (κ3) is 4.72. The molecule has 0 unspecified atom stereocenters. The van der Waals surface area contributed by atoms with E-state index >= 15 is 0 Å². The fraction of sp³-hybridized carbons (Fsp3) is 0.267. The highest BCUT2D eigenvalue weighted by Gasteiger charge is 2.08. The summed E-state index contributed by atoms with van der Waals surface area (Å²) in [5.74, 6) is 0.848. The number of carbonyl (C=O) groups is 1. The van der Waals surface area contributed by atoms with Gasteiger partial charge in [0.05, 0.1) is 12.4 Å². The van der Waals surface area contributed by atoms with Gasteiger partial charge in [-0.1, -0.05) is 31.5 Å². The van der Waals surface area contributed by atoms with Crippen LogP contribution in [0.25, 0.3) is 0 Å². The molecule has 0 bridgehead atoms. The first kappa shape index (κ1) is 15.3. The maximum absolute atomic E-state index is 12.0. The van der Waals surface area contributed by atoms with Crippen molar-refractivity contribution in [1.82, 2.24) is 9.97 Å². The fourth-order valence-corrected chi connectivity index (χ4v) is 1.80. The number of nitrogens with zero attached hydrogens (tertiary/aromatic N) is 2. The van der Waals surface area contributed by atoms with E-state index in [2.05, 4.69) is 34.4 Å². The molecule has 0 radical (unpaired) electrons. The van der Waals surface area contributed by atoms with Gasteiger partial charge in [0, 0.05) is 17.3 Å². The van der Waals surface area contributed by atoms with Crippen LogP contribution in [0.3, 0.4) is 0 Å². The maximum Gasteiger partial charge on any atom is 0.275 e. The number of anilines is 2. The van der Waals surface area contributed by atoms with Crippen LogP contribution in [0.2, 0.25) is 5.02 Å². The van der Waals surface area contributed by atoms with Crippen LogP contribution in [0.4, 0.5) is 11.5 Å². The topological polar surface area (TPSA) is 66.9 Å². The first-order valence-electron chi connectivity index (χ1n) is 6.67. The summed E-state index contributed by atoms with van der Waals surface area (Å²) in [6.45, 7) is 5.02. The van der Waals surface area contributed by atoms with Crippen LogP contribution in [-0.4, -0.2) is 22.4 Å². The van der Waals surface area contributed by atoms with Crippen molar-refractivity contribution in [3.8, 4) is 0 Å². The molecule has 2 aromatic rings. The van der Waals surface area contributed by atoms with Gasteiger partial charge in [-0.25, -0.2) is 9.97 Å². The van der Waals surface area contributed by atoms with Gasteiger partial charge in [-0.2, -0.15) is 0 Å². The largest absolute Gasteiger partial charge is 0.369 e. The van der Waals surface area contributed by atoms with Gasteiger partial charge in [0.25, 0.3) is 5.91 Å². The molecule has 5 nitrogen and oxygen atoms in total. The Labute approximate surface area is 128 Å². The zero-order chi connectivity index (χ0) is 15.2. The summed E-state index contributed by atoms with van der Waals surface area (Å²) >= 11 is 5.87. The zero-order valence-corrected chi connectivity index (χ0v) is 12.7. The van der Waals surface area contributed by atoms with Gasteiger partial charge >= 0.3 is 0 Å². The monoisotopic (exact) mass is 304 g/mol. The maximum atomic E-state index is 12.0. The predicted molar refractivity (Wildman–Crippen MR) is 84.8 cm³/mol. The minimum atomic E-state index is -0.319. The molecule has 0 saturated heterocycles. The molecular weight excluding hydrogens is 288 g/mol. The van der Waals surface area contributed by atoms with Crippen molar-refractivity contribution in [2.75, 3.05) is 17.2 Å². The Morgan fingerprint density at radius 3 is 2.71 bits per heavy atom. The molecule has 0 aliphatic rings. The second kappa shape index (κ2) is 7.04. The second-order valence-corrected chi connectivity index (χ2v) is 5.46. The van der Waals surface area contributed by atoms with Crippen molar-refractivity contribution in [3.63, 3.8) is 0 Å². The van der Waals surface area contributed by atoms with E-state index in [9.17, 15) is 4.79 Å². The molecule has 21 heavy (non-hydrogen) atoms. The van der Waals surface area contributed by atoms with Gasteiger partial charge < -0.3 is 10.6 Å². The summed E-state index contributed by atoms with van der Waals surface area (Å²) in [5.41, 5.74) is 0.876. The van der Waals surface area contributed by atoms with Crippen LogP contribution in [0, 0.1) is 5.92 Å². The van der Waals surface area contributed by atoms with Crippen LogP contribution in [0.15, 0.2) is 36.7 Å². The SMILES string of the molecule is CC(C)CNc1cnc(C(=O)Nc2cccc(Cl)c2)cn1. The van der Waals surface area contributed by atoms with E-state index in [1.54, 1.807) is 30.5 Å². The van der Waals surface area contributed by atoms with Crippen LogP contribution in [-0.2, 0) is 0 Å². The average Bonchev–Trinajstić information content (AvgIpc) is 2.45. The molecule has 2 N–H and O–H groups in total. The molecule has 0 fully saturated rings. The van der Waals surface area contributed by atoms with Crippen molar-refractivity contribution < 1.29 is 4.79 Å². The first-order chi connectivity index (χ1) is 10.0. The van der Waals surface area contributed by atoms with Crippen LogP contribution in [0.5, 0.6) is 0 Å². The van der Waals surface area contributed by atoms with Crippen LogP contribution >= 0.6 is 11.6 Å². The summed E-state index contributed by atoms with van der Waals surface area (Å²) < 4.78 is 0. The highest BCUT2D eigenvalue weighted by atomic mass is 35.5. The number of nitrogens with one attached hydrogen (secondary N) is 2. The lowest BCUT2D eigenvalue weighted by Gasteiger charge is -2.08. The molecule has 0 atom stereocenters. The van der Waals surface area contributed by atoms with Gasteiger partial charge in [0.15, 0.2) is 0 Å². The van der Waals surface area contributed by atoms with E-state index in [0.29, 0.717) is 22.4 Å². The molecule has 1 heterocycles.